The van der Waals surface area contributed by atoms with Gasteiger partial charge in [-0.05, 0) is 48.1 Å². The minimum Gasteiger partial charge on any atom is -0.338 e. The molecule has 0 radical (unpaired) electrons. The molecule has 1 aromatic carbocycles. The first-order valence-electron chi connectivity index (χ1n) is 10.1. The number of thiophene rings is 1. The molecule has 1 unspecified atom stereocenters. The van der Waals surface area contributed by atoms with Gasteiger partial charge in [0.15, 0.2) is 0 Å². The van der Waals surface area contributed by atoms with Crippen molar-refractivity contribution in [1.29, 1.82) is 0 Å². The molecule has 0 bridgehead atoms. The number of urea groups is 1. The third-order valence-electron chi connectivity index (χ3n) is 5.33. The lowest BCUT2D eigenvalue weighted by Gasteiger charge is -2.27. The van der Waals surface area contributed by atoms with Crippen LogP contribution < -0.4 is 10.6 Å². The summed E-state index contributed by atoms with van der Waals surface area (Å²) >= 11 is 1.76. The maximum Gasteiger partial charge on any atom is 0.315 e. The highest BCUT2D eigenvalue weighted by Gasteiger charge is 2.21. The van der Waals surface area contributed by atoms with Crippen LogP contribution in [0.5, 0.6) is 0 Å². The molecule has 3 heterocycles. The average molecular weight is 424 g/mol. The molecule has 0 aliphatic carbocycles. The van der Waals surface area contributed by atoms with Crippen molar-refractivity contribution in [3.05, 3.63) is 70.4 Å². The highest BCUT2D eigenvalue weighted by atomic mass is 32.1. The van der Waals surface area contributed by atoms with Gasteiger partial charge in [0.2, 0.25) is 5.91 Å². The Morgan fingerprint density at radius 1 is 1.23 bits per heavy atom. The molecule has 0 fully saturated rings. The Balaban J connectivity index is 1.20. The van der Waals surface area contributed by atoms with E-state index < -0.39 is 0 Å². The lowest BCUT2D eigenvalue weighted by molar-refractivity contribution is -0.131. The van der Waals surface area contributed by atoms with Gasteiger partial charge in [0.25, 0.3) is 0 Å². The summed E-state index contributed by atoms with van der Waals surface area (Å²) in [6, 6.07) is 9.63. The van der Waals surface area contributed by atoms with Crippen LogP contribution in [-0.4, -0.2) is 39.5 Å². The van der Waals surface area contributed by atoms with Gasteiger partial charge in [-0.25, -0.2) is 9.78 Å². The standard InChI is InChI=1S/C22H25N5O2S/c1-16(17-2-4-19(5-3-17)27-12-10-23-15-27)25-22(29)24-9-6-21(28)26-11-7-20-18(14-26)8-13-30-20/h2-5,8,10,12-13,15-16H,6-7,9,11,14H2,1H3,(H2,24,25,29). The zero-order valence-electron chi connectivity index (χ0n) is 16.9. The fraction of sp³-hybridized carbons (Fsp3) is 0.318. The van der Waals surface area contributed by atoms with Crippen LogP contribution in [0.25, 0.3) is 5.69 Å². The molecule has 2 N–H and O–H groups in total. The number of benzene rings is 1. The second-order valence-corrected chi connectivity index (χ2v) is 8.37. The predicted molar refractivity (Wildman–Crippen MR) is 117 cm³/mol. The van der Waals surface area contributed by atoms with Gasteiger partial charge >= 0.3 is 6.03 Å². The number of carbonyl (C=O) groups is 2. The number of hydrogen-bond donors (Lipinski definition) is 2. The molecule has 4 rings (SSSR count). The summed E-state index contributed by atoms with van der Waals surface area (Å²) in [5.41, 5.74) is 3.27. The van der Waals surface area contributed by atoms with Crippen molar-refractivity contribution in [2.45, 2.75) is 32.4 Å². The lowest BCUT2D eigenvalue weighted by Crippen LogP contribution is -2.40. The van der Waals surface area contributed by atoms with Gasteiger partial charge in [-0.2, -0.15) is 0 Å². The first-order chi connectivity index (χ1) is 14.6. The SMILES string of the molecule is CC(NC(=O)NCCC(=O)N1CCc2sccc2C1)c1ccc(-n2ccnc2)cc1. The minimum absolute atomic E-state index is 0.0790. The first kappa shape index (κ1) is 20.2. The second-order valence-electron chi connectivity index (χ2n) is 7.37. The zero-order valence-corrected chi connectivity index (χ0v) is 17.7. The number of amides is 3. The summed E-state index contributed by atoms with van der Waals surface area (Å²) in [5, 5.41) is 7.79. The normalized spacial score (nSPS) is 14.1. The zero-order chi connectivity index (χ0) is 20.9. The van der Waals surface area contributed by atoms with E-state index in [-0.39, 0.29) is 18.0 Å². The van der Waals surface area contributed by atoms with Crippen molar-refractivity contribution < 1.29 is 9.59 Å². The molecule has 0 saturated carbocycles. The highest BCUT2D eigenvalue weighted by Crippen LogP contribution is 2.24. The molecule has 0 saturated heterocycles. The van der Waals surface area contributed by atoms with E-state index in [1.807, 2.05) is 46.9 Å². The van der Waals surface area contributed by atoms with Crippen LogP contribution in [0.4, 0.5) is 4.79 Å². The van der Waals surface area contributed by atoms with Gasteiger partial charge in [-0.3, -0.25) is 4.79 Å². The molecule has 156 valence electrons. The van der Waals surface area contributed by atoms with Crippen molar-refractivity contribution in [1.82, 2.24) is 25.1 Å². The highest BCUT2D eigenvalue weighted by molar-refractivity contribution is 7.10. The van der Waals surface area contributed by atoms with Crippen molar-refractivity contribution >= 4 is 23.3 Å². The Bertz CT molecular complexity index is 997. The fourth-order valence-corrected chi connectivity index (χ4v) is 4.47. The molecule has 1 aliphatic rings. The monoisotopic (exact) mass is 423 g/mol. The van der Waals surface area contributed by atoms with Crippen LogP contribution in [-0.2, 0) is 17.8 Å². The third-order valence-corrected chi connectivity index (χ3v) is 6.35. The van der Waals surface area contributed by atoms with E-state index in [1.165, 1.54) is 10.4 Å². The molecular weight excluding hydrogens is 398 g/mol. The van der Waals surface area contributed by atoms with Gasteiger partial charge in [-0.15, -0.1) is 11.3 Å². The second kappa shape index (κ2) is 9.13. The summed E-state index contributed by atoms with van der Waals surface area (Å²) in [5.74, 6) is 0.0790. The number of hydrogen-bond acceptors (Lipinski definition) is 4. The van der Waals surface area contributed by atoms with Gasteiger partial charge in [-0.1, -0.05) is 12.1 Å². The molecule has 1 atom stereocenters. The quantitative estimate of drug-likeness (QED) is 0.639. The average Bonchev–Trinajstić information content (AvgIpc) is 3.45. The van der Waals surface area contributed by atoms with Crippen LogP contribution in [0.1, 0.15) is 35.4 Å². The number of rotatable bonds is 6. The summed E-state index contributed by atoms with van der Waals surface area (Å²) in [7, 11) is 0. The molecule has 1 aliphatic heterocycles. The molecule has 3 amide bonds. The maximum absolute atomic E-state index is 12.4. The van der Waals surface area contributed by atoms with Crippen LogP contribution in [0.15, 0.2) is 54.4 Å². The summed E-state index contributed by atoms with van der Waals surface area (Å²) in [6.07, 6.45) is 6.59. The van der Waals surface area contributed by atoms with E-state index >= 15 is 0 Å². The molecule has 2 aromatic heterocycles. The van der Waals surface area contributed by atoms with Gasteiger partial charge in [0.05, 0.1) is 12.4 Å². The molecule has 8 heteroatoms. The first-order valence-corrected chi connectivity index (χ1v) is 10.9. The fourth-order valence-electron chi connectivity index (χ4n) is 3.58. The van der Waals surface area contributed by atoms with E-state index in [2.05, 4.69) is 27.1 Å². The van der Waals surface area contributed by atoms with Gasteiger partial charge in [0.1, 0.15) is 0 Å². The Kier molecular flexibility index (Phi) is 6.13. The molecule has 3 aromatic rings. The Morgan fingerprint density at radius 3 is 2.83 bits per heavy atom. The maximum atomic E-state index is 12.4. The lowest BCUT2D eigenvalue weighted by atomic mass is 10.1. The summed E-state index contributed by atoms with van der Waals surface area (Å²) in [4.78, 5) is 31.9. The molecular formula is C22H25N5O2S. The number of nitrogens with one attached hydrogen (secondary N) is 2. The Labute approximate surface area is 179 Å². The summed E-state index contributed by atoms with van der Waals surface area (Å²) in [6.45, 7) is 3.69. The number of fused-ring (bicyclic) bond motifs is 1. The van der Waals surface area contributed by atoms with E-state index in [0.717, 1.165) is 24.2 Å². The van der Waals surface area contributed by atoms with Crippen molar-refractivity contribution in [2.24, 2.45) is 0 Å². The van der Waals surface area contributed by atoms with Gasteiger partial charge in [0, 0.05) is 49.0 Å². The summed E-state index contributed by atoms with van der Waals surface area (Å²) < 4.78 is 1.92. The van der Waals surface area contributed by atoms with Crippen LogP contribution >= 0.6 is 11.3 Å². The topological polar surface area (TPSA) is 79.3 Å². The number of imidazole rings is 1. The van der Waals surface area contributed by atoms with Gasteiger partial charge < -0.3 is 20.1 Å². The van der Waals surface area contributed by atoms with Crippen LogP contribution in [0, 0.1) is 0 Å². The van der Waals surface area contributed by atoms with Crippen molar-refractivity contribution in [3.8, 4) is 5.69 Å². The van der Waals surface area contributed by atoms with E-state index in [1.54, 1.807) is 23.9 Å². The molecule has 7 nitrogen and oxygen atoms in total. The van der Waals surface area contributed by atoms with E-state index in [0.29, 0.717) is 19.5 Å². The number of nitrogens with zero attached hydrogens (tertiary/aromatic N) is 3. The third kappa shape index (κ3) is 4.71. The van der Waals surface area contributed by atoms with Crippen molar-refractivity contribution in [2.75, 3.05) is 13.1 Å². The van der Waals surface area contributed by atoms with Crippen molar-refractivity contribution in [3.63, 3.8) is 0 Å². The van der Waals surface area contributed by atoms with Crippen LogP contribution in [0.2, 0.25) is 0 Å². The Hall–Kier alpha value is -3.13. The number of aromatic nitrogens is 2. The largest absolute Gasteiger partial charge is 0.338 e. The van der Waals surface area contributed by atoms with E-state index in [9.17, 15) is 9.59 Å². The molecule has 0 spiro atoms. The predicted octanol–water partition coefficient (Wildman–Crippen LogP) is 3.27. The smallest absolute Gasteiger partial charge is 0.315 e. The number of carbonyl (C=O) groups excluding carboxylic acids is 2. The van der Waals surface area contributed by atoms with Crippen LogP contribution in [0.3, 0.4) is 0 Å². The Morgan fingerprint density at radius 2 is 2.07 bits per heavy atom. The minimum atomic E-state index is -0.271. The molecule has 30 heavy (non-hydrogen) atoms. The van der Waals surface area contributed by atoms with E-state index in [4.69, 9.17) is 0 Å².